The summed E-state index contributed by atoms with van der Waals surface area (Å²) < 4.78 is 31.3. The van der Waals surface area contributed by atoms with E-state index in [0.717, 1.165) is 69.5 Å². The number of halogens is 2. The van der Waals surface area contributed by atoms with Gasteiger partial charge in [0.25, 0.3) is 10.2 Å². The number of nitrogens with one attached hydrogen (secondary N) is 2. The fourth-order valence-electron chi connectivity index (χ4n) is 5.53. The second-order valence-electron chi connectivity index (χ2n) is 9.86. The molecule has 4 rings (SSSR count). The van der Waals surface area contributed by atoms with E-state index < -0.39 is 10.2 Å². The summed E-state index contributed by atoms with van der Waals surface area (Å²) in [6.07, 6.45) is 6.14. The molecular formula is C26H40Cl2N4O3S. The summed E-state index contributed by atoms with van der Waals surface area (Å²) in [5.41, 5.74) is 2.21. The monoisotopic (exact) mass is 558 g/mol. The smallest absolute Gasteiger partial charge is 0.274 e. The normalized spacial score (nSPS) is 23.3. The minimum atomic E-state index is -3.75. The Morgan fingerprint density at radius 3 is 2.22 bits per heavy atom. The van der Waals surface area contributed by atoms with Crippen molar-refractivity contribution in [1.29, 1.82) is 0 Å². The molecule has 0 spiro atoms. The van der Waals surface area contributed by atoms with E-state index in [1.54, 1.807) is 7.11 Å². The van der Waals surface area contributed by atoms with Crippen molar-refractivity contribution in [3.63, 3.8) is 0 Å². The lowest BCUT2D eigenvalue weighted by molar-refractivity contribution is 0.167. The number of likely N-dealkylation sites (tertiary alicyclic amines) is 1. The Morgan fingerprint density at radius 2 is 1.61 bits per heavy atom. The average molecular weight is 560 g/mol. The van der Waals surface area contributed by atoms with Gasteiger partial charge in [-0.05, 0) is 74.9 Å². The molecule has 2 aliphatic rings. The number of piperidine rings is 1. The van der Waals surface area contributed by atoms with Gasteiger partial charge in [-0.1, -0.05) is 42.5 Å². The number of methoxy groups -OCH3 is 1. The first-order chi connectivity index (χ1) is 16.4. The van der Waals surface area contributed by atoms with E-state index in [2.05, 4.69) is 51.3 Å². The number of nitrogens with two attached hydrogens (primary N) is 1. The van der Waals surface area contributed by atoms with Crippen molar-refractivity contribution >= 4 is 35.0 Å². The summed E-state index contributed by atoms with van der Waals surface area (Å²) in [5, 5.41) is 9.19. The quantitative estimate of drug-likeness (QED) is 0.435. The average Bonchev–Trinajstić information content (AvgIpc) is 2.85. The van der Waals surface area contributed by atoms with Gasteiger partial charge in [0.1, 0.15) is 5.75 Å². The third-order valence-electron chi connectivity index (χ3n) is 7.54. The summed E-state index contributed by atoms with van der Waals surface area (Å²) in [5.74, 6) is 0.787. The van der Waals surface area contributed by atoms with Gasteiger partial charge >= 0.3 is 0 Å². The van der Waals surface area contributed by atoms with Gasteiger partial charge in [-0.15, -0.1) is 24.8 Å². The molecule has 1 aliphatic heterocycles. The highest BCUT2D eigenvalue weighted by Crippen LogP contribution is 2.40. The highest BCUT2D eigenvalue weighted by molar-refractivity contribution is 7.87. The molecule has 1 saturated heterocycles. The van der Waals surface area contributed by atoms with Crippen LogP contribution in [0.15, 0.2) is 54.6 Å². The van der Waals surface area contributed by atoms with Crippen molar-refractivity contribution in [3.8, 4) is 5.75 Å². The predicted octanol–water partition coefficient (Wildman–Crippen LogP) is 3.77. The number of nitrogens with zero attached hydrogens (tertiary/aromatic N) is 1. The van der Waals surface area contributed by atoms with E-state index in [1.165, 1.54) is 5.56 Å². The minimum absolute atomic E-state index is 0. The number of hydrogen-bond acceptors (Lipinski definition) is 5. The number of rotatable bonds is 9. The van der Waals surface area contributed by atoms with Gasteiger partial charge in [0.15, 0.2) is 0 Å². The van der Waals surface area contributed by atoms with Crippen molar-refractivity contribution in [2.24, 2.45) is 5.14 Å². The second kappa shape index (κ2) is 14.0. The molecule has 0 amide bonds. The topological polar surface area (TPSA) is 96.7 Å². The maximum atomic E-state index is 11.7. The Hall–Kier alpha value is -1.39. The van der Waals surface area contributed by atoms with Crippen LogP contribution < -0.4 is 19.9 Å². The lowest BCUT2D eigenvalue weighted by Crippen LogP contribution is -2.50. The zero-order valence-corrected chi connectivity index (χ0v) is 23.3. The molecule has 0 bridgehead atoms. The van der Waals surface area contributed by atoms with Crippen LogP contribution in [0.5, 0.6) is 5.75 Å². The van der Waals surface area contributed by atoms with Gasteiger partial charge in [-0.25, -0.2) is 9.86 Å². The van der Waals surface area contributed by atoms with Crippen LogP contribution >= 0.6 is 24.8 Å². The first-order valence-corrected chi connectivity index (χ1v) is 13.8. The van der Waals surface area contributed by atoms with E-state index in [1.807, 2.05) is 18.2 Å². The number of ether oxygens (including phenoxy) is 1. The third-order valence-corrected chi connectivity index (χ3v) is 8.09. The van der Waals surface area contributed by atoms with Crippen LogP contribution in [0.3, 0.4) is 0 Å². The lowest BCUT2D eigenvalue weighted by atomic mass is 9.68. The van der Waals surface area contributed by atoms with Gasteiger partial charge in [0.05, 0.1) is 7.11 Å². The van der Waals surface area contributed by atoms with Crippen molar-refractivity contribution in [1.82, 2.24) is 14.9 Å². The maximum Gasteiger partial charge on any atom is 0.274 e. The molecule has 4 N–H and O–H groups in total. The van der Waals surface area contributed by atoms with Crippen molar-refractivity contribution in [2.45, 2.75) is 62.6 Å². The Labute approximate surface area is 228 Å². The minimum Gasteiger partial charge on any atom is -0.497 e. The predicted molar refractivity (Wildman–Crippen MR) is 150 cm³/mol. The maximum absolute atomic E-state index is 11.7. The number of hydrogen-bond donors (Lipinski definition) is 3. The van der Waals surface area contributed by atoms with E-state index >= 15 is 0 Å². The van der Waals surface area contributed by atoms with Crippen LogP contribution in [0.1, 0.15) is 49.7 Å². The molecule has 1 aliphatic carbocycles. The van der Waals surface area contributed by atoms with Crippen molar-refractivity contribution in [2.75, 3.05) is 26.7 Å². The molecule has 1 heterocycles. The highest BCUT2D eigenvalue weighted by atomic mass is 35.5. The molecule has 0 aromatic heterocycles. The fourth-order valence-corrected chi connectivity index (χ4v) is 6.01. The first kappa shape index (κ1) is 30.8. The Balaban J connectivity index is 0.00000228. The van der Waals surface area contributed by atoms with Crippen LogP contribution in [-0.2, 0) is 22.2 Å². The standard InChI is InChI=1S/C26H38N4O3S.2ClH/c1-33-25-9-5-8-22(18-25)26(20-28-34(27,31)32)14-10-23(11-15-26)29-24-12-16-30(17-13-24)19-21-6-3-2-4-7-21;;/h2-9,18,23-24,28-29H,10-17,19-20H2,1H3,(H2,27,31,32);2*1H. The van der Waals surface area contributed by atoms with Crippen LogP contribution in [-0.4, -0.2) is 52.1 Å². The van der Waals surface area contributed by atoms with E-state index in [0.29, 0.717) is 18.6 Å². The van der Waals surface area contributed by atoms with Gasteiger partial charge < -0.3 is 10.1 Å². The first-order valence-electron chi connectivity index (χ1n) is 12.3. The Kier molecular flexibility index (Phi) is 12.0. The SMILES string of the molecule is COc1cccc(C2(CNS(N)(=O)=O)CCC(NC3CCN(Cc4ccccc4)CC3)CC2)c1.Cl.Cl. The molecule has 202 valence electrons. The zero-order valence-electron chi connectivity index (χ0n) is 20.9. The molecule has 10 heteroatoms. The summed E-state index contributed by atoms with van der Waals surface area (Å²) in [6.45, 7) is 3.57. The van der Waals surface area contributed by atoms with Gasteiger partial charge in [0.2, 0.25) is 0 Å². The molecular weight excluding hydrogens is 519 g/mol. The lowest BCUT2D eigenvalue weighted by Gasteiger charge is -2.43. The van der Waals surface area contributed by atoms with Gasteiger partial charge in [-0.2, -0.15) is 8.42 Å². The van der Waals surface area contributed by atoms with E-state index in [4.69, 9.17) is 9.88 Å². The molecule has 0 unspecified atom stereocenters. The molecule has 0 radical (unpaired) electrons. The molecule has 7 nitrogen and oxygen atoms in total. The van der Waals surface area contributed by atoms with Crippen LogP contribution in [0.2, 0.25) is 0 Å². The van der Waals surface area contributed by atoms with Crippen LogP contribution in [0, 0.1) is 0 Å². The molecule has 0 atom stereocenters. The third kappa shape index (κ3) is 8.58. The highest BCUT2D eigenvalue weighted by Gasteiger charge is 2.38. The molecule has 36 heavy (non-hydrogen) atoms. The van der Waals surface area contributed by atoms with Crippen LogP contribution in [0.4, 0.5) is 0 Å². The van der Waals surface area contributed by atoms with Gasteiger partial charge in [-0.3, -0.25) is 4.90 Å². The van der Waals surface area contributed by atoms with Gasteiger partial charge in [0, 0.05) is 30.6 Å². The molecule has 1 saturated carbocycles. The molecule has 2 aromatic carbocycles. The molecule has 2 fully saturated rings. The molecule has 2 aromatic rings. The summed E-state index contributed by atoms with van der Waals surface area (Å²) >= 11 is 0. The van der Waals surface area contributed by atoms with Crippen molar-refractivity contribution in [3.05, 3.63) is 65.7 Å². The van der Waals surface area contributed by atoms with E-state index in [-0.39, 0.29) is 30.2 Å². The zero-order chi connectivity index (χ0) is 24.0. The fraction of sp³-hybridized carbons (Fsp3) is 0.538. The summed E-state index contributed by atoms with van der Waals surface area (Å²) in [7, 11) is -2.10. The summed E-state index contributed by atoms with van der Waals surface area (Å²) in [6, 6.07) is 19.7. The second-order valence-corrected chi connectivity index (χ2v) is 11.2. The summed E-state index contributed by atoms with van der Waals surface area (Å²) in [4.78, 5) is 2.54. The van der Waals surface area contributed by atoms with Crippen LogP contribution in [0.25, 0.3) is 0 Å². The largest absolute Gasteiger partial charge is 0.497 e. The number of benzene rings is 2. The Morgan fingerprint density at radius 1 is 0.972 bits per heavy atom. The Bertz CT molecular complexity index is 1030. The van der Waals surface area contributed by atoms with Crippen molar-refractivity contribution < 1.29 is 13.2 Å². The van der Waals surface area contributed by atoms with E-state index in [9.17, 15) is 8.42 Å².